The summed E-state index contributed by atoms with van der Waals surface area (Å²) in [6, 6.07) is 18.5. The molecule has 0 aliphatic heterocycles. The van der Waals surface area contributed by atoms with E-state index in [0.29, 0.717) is 37.5 Å². The van der Waals surface area contributed by atoms with Crippen LogP contribution in [0.3, 0.4) is 0 Å². The minimum atomic E-state index is -0.500. The SMILES string of the molecule is CCOC(=O)Nc1cccc(Cn2nc(C)ccc2=O)c1.Cc1cccc(CC(=O)CCN(C)C)c1. The molecule has 0 atom stereocenters. The smallest absolute Gasteiger partial charge is 0.411 e. The van der Waals surface area contributed by atoms with Gasteiger partial charge in [0.25, 0.3) is 5.56 Å². The monoisotopic (exact) mass is 492 g/mol. The van der Waals surface area contributed by atoms with Crippen LogP contribution in [0.4, 0.5) is 10.5 Å². The van der Waals surface area contributed by atoms with Crippen molar-refractivity contribution >= 4 is 17.6 Å². The minimum absolute atomic E-state index is 0.163. The van der Waals surface area contributed by atoms with Crippen LogP contribution < -0.4 is 10.9 Å². The van der Waals surface area contributed by atoms with Gasteiger partial charge in [0, 0.05) is 31.1 Å². The molecule has 8 nitrogen and oxygen atoms in total. The molecule has 2 aromatic carbocycles. The van der Waals surface area contributed by atoms with Gasteiger partial charge in [-0.3, -0.25) is 14.9 Å². The fraction of sp³-hybridized carbons (Fsp3) is 0.357. The average Bonchev–Trinajstić information content (AvgIpc) is 2.81. The van der Waals surface area contributed by atoms with Crippen LogP contribution in [-0.2, 0) is 22.5 Å². The standard InChI is InChI=1S/C15H17N3O3.C13H19NO/c1-3-21-15(20)16-13-6-4-5-12(9-13)10-18-14(19)8-7-11(2)17-18;1-11-5-4-6-12(9-11)10-13(15)7-8-14(2)3/h4-9H,3,10H2,1-2H3,(H,16,20);4-6,9H,7-8,10H2,1-3H3. The van der Waals surface area contributed by atoms with E-state index in [1.54, 1.807) is 31.2 Å². The molecule has 0 saturated carbocycles. The summed E-state index contributed by atoms with van der Waals surface area (Å²) in [6.07, 6.45) is 0.705. The number of carbonyl (C=O) groups excluding carboxylic acids is 2. The molecule has 0 bridgehead atoms. The van der Waals surface area contributed by atoms with E-state index >= 15 is 0 Å². The summed E-state index contributed by atoms with van der Waals surface area (Å²) < 4.78 is 6.21. The van der Waals surface area contributed by atoms with E-state index in [4.69, 9.17) is 4.74 Å². The first-order chi connectivity index (χ1) is 17.2. The molecule has 3 rings (SSSR count). The van der Waals surface area contributed by atoms with Crippen molar-refractivity contribution in [2.45, 2.75) is 40.2 Å². The molecule has 1 amide bonds. The highest BCUT2D eigenvalue weighted by Gasteiger charge is 2.05. The Bertz CT molecular complexity index is 1200. The van der Waals surface area contributed by atoms with E-state index in [1.165, 1.54) is 16.3 Å². The number of anilines is 1. The van der Waals surface area contributed by atoms with E-state index in [-0.39, 0.29) is 5.56 Å². The van der Waals surface area contributed by atoms with Crippen molar-refractivity contribution in [2.75, 3.05) is 32.6 Å². The Morgan fingerprint density at radius 2 is 1.72 bits per heavy atom. The van der Waals surface area contributed by atoms with Crippen LogP contribution in [0.1, 0.15) is 35.7 Å². The number of hydrogen-bond donors (Lipinski definition) is 1. The van der Waals surface area contributed by atoms with Crippen molar-refractivity contribution in [3.63, 3.8) is 0 Å². The van der Waals surface area contributed by atoms with Crippen LogP contribution in [-0.4, -0.2) is 53.8 Å². The van der Waals surface area contributed by atoms with Crippen LogP contribution in [0.5, 0.6) is 0 Å². The van der Waals surface area contributed by atoms with E-state index in [9.17, 15) is 14.4 Å². The average molecular weight is 493 g/mol. The van der Waals surface area contributed by atoms with Gasteiger partial charge in [-0.1, -0.05) is 42.0 Å². The van der Waals surface area contributed by atoms with Gasteiger partial charge in [-0.2, -0.15) is 5.10 Å². The van der Waals surface area contributed by atoms with Crippen molar-refractivity contribution in [1.82, 2.24) is 14.7 Å². The number of aromatic nitrogens is 2. The third kappa shape index (κ3) is 10.7. The van der Waals surface area contributed by atoms with Crippen LogP contribution in [0.2, 0.25) is 0 Å². The molecule has 192 valence electrons. The number of rotatable bonds is 9. The molecule has 3 aromatic rings. The molecule has 0 fully saturated rings. The molecule has 1 aromatic heterocycles. The molecule has 1 N–H and O–H groups in total. The first-order valence-electron chi connectivity index (χ1n) is 12.0. The Labute approximate surface area is 212 Å². The molecule has 0 aliphatic rings. The zero-order chi connectivity index (χ0) is 26.5. The van der Waals surface area contributed by atoms with Crippen molar-refractivity contribution in [3.05, 3.63) is 93.4 Å². The zero-order valence-electron chi connectivity index (χ0n) is 21.8. The lowest BCUT2D eigenvalue weighted by Crippen LogP contribution is -2.23. The summed E-state index contributed by atoms with van der Waals surface area (Å²) in [6.45, 7) is 7.12. The molecule has 0 spiro atoms. The van der Waals surface area contributed by atoms with Gasteiger partial charge in [0.2, 0.25) is 0 Å². The highest BCUT2D eigenvalue weighted by molar-refractivity contribution is 5.84. The lowest BCUT2D eigenvalue weighted by atomic mass is 10.0. The Morgan fingerprint density at radius 3 is 2.42 bits per heavy atom. The predicted molar refractivity (Wildman–Crippen MR) is 142 cm³/mol. The Morgan fingerprint density at radius 1 is 1.00 bits per heavy atom. The second-order valence-electron chi connectivity index (χ2n) is 8.77. The molecule has 8 heteroatoms. The predicted octanol–water partition coefficient (Wildman–Crippen LogP) is 4.23. The summed E-state index contributed by atoms with van der Waals surface area (Å²) in [5, 5.41) is 6.81. The molecule has 0 saturated heterocycles. The molecule has 0 radical (unpaired) electrons. The maximum atomic E-state index is 11.7. The van der Waals surface area contributed by atoms with Crippen molar-refractivity contribution < 1.29 is 14.3 Å². The van der Waals surface area contributed by atoms with Gasteiger partial charge in [0.15, 0.2) is 0 Å². The second kappa shape index (κ2) is 14.6. The normalized spacial score (nSPS) is 10.4. The first kappa shape index (κ1) is 28.5. The molecule has 1 heterocycles. The number of hydrogen-bond acceptors (Lipinski definition) is 6. The van der Waals surface area contributed by atoms with Gasteiger partial charge >= 0.3 is 6.09 Å². The minimum Gasteiger partial charge on any atom is -0.450 e. The number of nitrogens with one attached hydrogen (secondary N) is 1. The van der Waals surface area contributed by atoms with Crippen LogP contribution in [0.25, 0.3) is 0 Å². The number of benzene rings is 2. The maximum Gasteiger partial charge on any atom is 0.411 e. The largest absolute Gasteiger partial charge is 0.450 e. The molecule has 36 heavy (non-hydrogen) atoms. The fourth-order valence-corrected chi connectivity index (χ4v) is 3.36. The summed E-state index contributed by atoms with van der Waals surface area (Å²) in [5.41, 5.74) is 4.43. The van der Waals surface area contributed by atoms with Crippen LogP contribution >= 0.6 is 0 Å². The number of carbonyl (C=O) groups is 2. The third-order valence-corrected chi connectivity index (χ3v) is 5.10. The van der Waals surface area contributed by atoms with E-state index < -0.39 is 6.09 Å². The van der Waals surface area contributed by atoms with Gasteiger partial charge < -0.3 is 9.64 Å². The van der Waals surface area contributed by atoms with E-state index in [1.807, 2.05) is 57.1 Å². The Hall–Kier alpha value is -3.78. The number of ketones is 1. The Kier molecular flexibility index (Phi) is 11.5. The topological polar surface area (TPSA) is 93.5 Å². The number of ether oxygens (including phenoxy) is 1. The summed E-state index contributed by atoms with van der Waals surface area (Å²) in [4.78, 5) is 36.8. The van der Waals surface area contributed by atoms with Gasteiger partial charge in [0.1, 0.15) is 5.78 Å². The molecule has 0 unspecified atom stereocenters. The van der Waals surface area contributed by atoms with E-state index in [2.05, 4.69) is 16.5 Å². The number of nitrogens with zero attached hydrogens (tertiary/aromatic N) is 3. The number of aryl methyl sites for hydroxylation is 2. The van der Waals surface area contributed by atoms with Crippen molar-refractivity contribution in [3.8, 4) is 0 Å². The number of Topliss-reactive ketones (excluding diaryl/α,β-unsaturated/α-hetero) is 1. The summed E-state index contributed by atoms with van der Waals surface area (Å²) in [5.74, 6) is 0.314. The first-order valence-corrected chi connectivity index (χ1v) is 12.0. The molecule has 0 aliphatic carbocycles. The van der Waals surface area contributed by atoms with Crippen molar-refractivity contribution in [1.29, 1.82) is 0 Å². The quantitative estimate of drug-likeness (QED) is 0.481. The molecular weight excluding hydrogens is 456 g/mol. The second-order valence-corrected chi connectivity index (χ2v) is 8.77. The van der Waals surface area contributed by atoms with Gasteiger partial charge in [-0.15, -0.1) is 0 Å². The van der Waals surface area contributed by atoms with Gasteiger partial charge in [-0.25, -0.2) is 9.48 Å². The Balaban J connectivity index is 0.000000269. The van der Waals surface area contributed by atoms with Gasteiger partial charge in [0.05, 0.1) is 18.8 Å². The van der Waals surface area contributed by atoms with E-state index in [0.717, 1.165) is 23.4 Å². The highest BCUT2D eigenvalue weighted by Crippen LogP contribution is 2.12. The fourth-order valence-electron chi connectivity index (χ4n) is 3.36. The van der Waals surface area contributed by atoms with Crippen LogP contribution in [0.15, 0.2) is 65.5 Å². The number of amides is 1. The van der Waals surface area contributed by atoms with Crippen LogP contribution in [0, 0.1) is 13.8 Å². The molecular formula is C28H36N4O4. The van der Waals surface area contributed by atoms with Gasteiger partial charge in [-0.05, 0) is 64.2 Å². The highest BCUT2D eigenvalue weighted by atomic mass is 16.5. The maximum absolute atomic E-state index is 11.7. The lowest BCUT2D eigenvalue weighted by Gasteiger charge is -2.08. The lowest BCUT2D eigenvalue weighted by molar-refractivity contribution is -0.118. The summed E-state index contributed by atoms with van der Waals surface area (Å²) >= 11 is 0. The zero-order valence-corrected chi connectivity index (χ0v) is 21.8. The summed E-state index contributed by atoms with van der Waals surface area (Å²) in [7, 11) is 3.97. The van der Waals surface area contributed by atoms with Crippen molar-refractivity contribution in [2.24, 2.45) is 0 Å². The third-order valence-electron chi connectivity index (χ3n) is 5.10.